The molecule has 0 spiro atoms. The molecule has 0 N–H and O–H groups in total. The number of hydrogen-bond donors (Lipinski definition) is 0. The van der Waals surface area contributed by atoms with Gasteiger partial charge in [-0.2, -0.15) is 13.2 Å². The number of aryl methyl sites for hydroxylation is 1. The van der Waals surface area contributed by atoms with E-state index in [-0.39, 0.29) is 24.3 Å². The number of nitrogens with zero attached hydrogens (tertiary/aromatic N) is 2. The first-order chi connectivity index (χ1) is 14.6. The van der Waals surface area contributed by atoms with Gasteiger partial charge < -0.3 is 4.90 Å². The molecule has 0 heterocycles. The second-order valence-corrected chi connectivity index (χ2v) is 7.10. The number of alkyl halides is 3. The maximum Gasteiger partial charge on any atom is 0.416 e. The third-order valence-corrected chi connectivity index (χ3v) is 4.81. The van der Waals surface area contributed by atoms with Gasteiger partial charge in [-0.05, 0) is 36.2 Å². The van der Waals surface area contributed by atoms with E-state index in [1.165, 1.54) is 35.2 Å². The molecule has 0 saturated carbocycles. The predicted molar refractivity (Wildman–Crippen MR) is 109 cm³/mol. The zero-order valence-electron chi connectivity index (χ0n) is 16.6. The van der Waals surface area contributed by atoms with Crippen LogP contribution < -0.4 is 0 Å². The summed E-state index contributed by atoms with van der Waals surface area (Å²) in [6, 6.07) is 17.9. The lowest BCUT2D eigenvalue weighted by Gasteiger charge is -2.23. The minimum Gasteiger partial charge on any atom is -0.330 e. The minimum atomic E-state index is -4.45. The van der Waals surface area contributed by atoms with Crippen LogP contribution in [0.1, 0.15) is 32.6 Å². The van der Waals surface area contributed by atoms with Gasteiger partial charge in [0.1, 0.15) is 0 Å². The van der Waals surface area contributed by atoms with Gasteiger partial charge in [-0.25, -0.2) is 0 Å². The van der Waals surface area contributed by atoms with E-state index in [0.717, 1.165) is 17.7 Å². The van der Waals surface area contributed by atoms with Crippen LogP contribution in [0.25, 0.3) is 0 Å². The van der Waals surface area contributed by atoms with E-state index >= 15 is 0 Å². The molecule has 0 radical (unpaired) electrons. The molecule has 0 unspecified atom stereocenters. The third kappa shape index (κ3) is 5.48. The van der Waals surface area contributed by atoms with Crippen LogP contribution in [0.2, 0.25) is 0 Å². The Morgan fingerprint density at radius 3 is 2.06 bits per heavy atom. The Hall–Kier alpha value is -3.68. The molecular weight excluding hydrogens is 409 g/mol. The third-order valence-electron chi connectivity index (χ3n) is 4.81. The summed E-state index contributed by atoms with van der Waals surface area (Å²) in [6.45, 7) is 1.83. The Labute approximate surface area is 176 Å². The molecule has 0 aromatic heterocycles. The van der Waals surface area contributed by atoms with Crippen molar-refractivity contribution in [1.82, 2.24) is 4.90 Å². The molecule has 31 heavy (non-hydrogen) atoms. The second-order valence-electron chi connectivity index (χ2n) is 7.10. The molecule has 0 aliphatic carbocycles. The fourth-order valence-corrected chi connectivity index (χ4v) is 3.14. The molecule has 5 nitrogen and oxygen atoms in total. The lowest BCUT2D eigenvalue weighted by atomic mass is 10.1. The Kier molecular flexibility index (Phi) is 6.39. The summed E-state index contributed by atoms with van der Waals surface area (Å²) in [6.07, 6.45) is -4.45. The summed E-state index contributed by atoms with van der Waals surface area (Å²) in [7, 11) is 0. The van der Waals surface area contributed by atoms with Crippen LogP contribution in [0.5, 0.6) is 0 Å². The molecule has 0 fully saturated rings. The van der Waals surface area contributed by atoms with E-state index in [9.17, 15) is 28.1 Å². The van der Waals surface area contributed by atoms with Crippen molar-refractivity contribution in [2.24, 2.45) is 0 Å². The molecule has 1 amide bonds. The average Bonchev–Trinajstić information content (AvgIpc) is 2.73. The summed E-state index contributed by atoms with van der Waals surface area (Å²) in [4.78, 5) is 25.3. The molecule has 0 saturated heterocycles. The minimum absolute atomic E-state index is 0.0491. The maximum atomic E-state index is 13.2. The van der Waals surface area contributed by atoms with Crippen molar-refractivity contribution in [3.8, 4) is 0 Å². The van der Waals surface area contributed by atoms with Crippen LogP contribution in [-0.4, -0.2) is 15.7 Å². The first-order valence-electron chi connectivity index (χ1n) is 9.39. The molecule has 0 aliphatic heterocycles. The summed E-state index contributed by atoms with van der Waals surface area (Å²) >= 11 is 0. The van der Waals surface area contributed by atoms with Crippen molar-refractivity contribution < 1.29 is 22.9 Å². The largest absolute Gasteiger partial charge is 0.416 e. The topological polar surface area (TPSA) is 63.5 Å². The van der Waals surface area contributed by atoms with Gasteiger partial charge in [0, 0.05) is 30.3 Å². The number of carbonyl (C=O) groups is 1. The van der Waals surface area contributed by atoms with E-state index < -0.39 is 22.6 Å². The Bertz CT molecular complexity index is 1080. The average molecular weight is 428 g/mol. The first kappa shape index (κ1) is 22.0. The highest BCUT2D eigenvalue weighted by molar-refractivity contribution is 5.95. The molecule has 3 aromatic rings. The molecule has 3 rings (SSSR count). The molecule has 8 heteroatoms. The summed E-state index contributed by atoms with van der Waals surface area (Å²) in [5.41, 5.74) is 0.966. The zero-order valence-corrected chi connectivity index (χ0v) is 16.6. The van der Waals surface area contributed by atoms with Gasteiger partial charge in [0.05, 0.1) is 10.5 Å². The number of carbonyl (C=O) groups excluding carboxylic acids is 1. The highest BCUT2D eigenvalue weighted by Gasteiger charge is 2.30. The Balaban J connectivity index is 1.92. The number of benzene rings is 3. The molecule has 0 atom stereocenters. The van der Waals surface area contributed by atoms with Crippen molar-refractivity contribution in [2.75, 3.05) is 0 Å². The number of amides is 1. The fourth-order valence-electron chi connectivity index (χ4n) is 3.14. The number of hydrogen-bond acceptors (Lipinski definition) is 3. The smallest absolute Gasteiger partial charge is 0.330 e. The van der Waals surface area contributed by atoms with Crippen LogP contribution in [0.3, 0.4) is 0 Å². The number of nitro groups is 1. The van der Waals surface area contributed by atoms with Crippen molar-refractivity contribution in [3.05, 3.63) is 111 Å². The van der Waals surface area contributed by atoms with Crippen molar-refractivity contribution in [3.63, 3.8) is 0 Å². The molecule has 3 aromatic carbocycles. The van der Waals surface area contributed by atoms with E-state index in [2.05, 4.69) is 0 Å². The lowest BCUT2D eigenvalue weighted by molar-refractivity contribution is -0.385. The van der Waals surface area contributed by atoms with Crippen LogP contribution in [-0.2, 0) is 19.3 Å². The Morgan fingerprint density at radius 1 is 0.935 bits per heavy atom. The van der Waals surface area contributed by atoms with Crippen LogP contribution in [0, 0.1) is 17.0 Å². The van der Waals surface area contributed by atoms with Crippen LogP contribution in [0.4, 0.5) is 18.9 Å². The van der Waals surface area contributed by atoms with Gasteiger partial charge in [-0.1, -0.05) is 48.5 Å². The van der Waals surface area contributed by atoms with E-state index in [0.29, 0.717) is 11.1 Å². The first-order valence-corrected chi connectivity index (χ1v) is 9.39. The summed E-state index contributed by atoms with van der Waals surface area (Å²) in [5.74, 6) is -0.452. The van der Waals surface area contributed by atoms with Gasteiger partial charge in [-0.15, -0.1) is 0 Å². The van der Waals surface area contributed by atoms with E-state index in [4.69, 9.17) is 0 Å². The lowest BCUT2D eigenvalue weighted by Crippen LogP contribution is -2.30. The van der Waals surface area contributed by atoms with Crippen LogP contribution in [0.15, 0.2) is 72.8 Å². The van der Waals surface area contributed by atoms with Gasteiger partial charge in [0.2, 0.25) is 0 Å². The number of rotatable bonds is 6. The van der Waals surface area contributed by atoms with Crippen LogP contribution >= 0.6 is 0 Å². The van der Waals surface area contributed by atoms with Gasteiger partial charge in [0.25, 0.3) is 11.6 Å². The molecule has 0 bridgehead atoms. The van der Waals surface area contributed by atoms with Gasteiger partial charge >= 0.3 is 6.18 Å². The standard InChI is InChI=1S/C23H19F3N2O3/c1-16-7-10-19(13-21(16)28(30)31)22(29)27(14-17-5-3-2-4-6-17)15-18-8-11-20(12-9-18)23(24,25)26/h2-13H,14-15H2,1H3. The van der Waals surface area contributed by atoms with E-state index in [1.807, 2.05) is 30.3 Å². The molecule has 160 valence electrons. The fraction of sp³-hybridized carbons (Fsp3) is 0.174. The highest BCUT2D eigenvalue weighted by Crippen LogP contribution is 2.29. The second kappa shape index (κ2) is 8.99. The molecule has 0 aliphatic rings. The highest BCUT2D eigenvalue weighted by atomic mass is 19.4. The number of nitro benzene ring substituents is 1. The van der Waals surface area contributed by atoms with Crippen molar-refractivity contribution >= 4 is 11.6 Å². The summed E-state index contributed by atoms with van der Waals surface area (Å²) in [5, 5.41) is 11.3. The zero-order chi connectivity index (χ0) is 22.6. The summed E-state index contributed by atoms with van der Waals surface area (Å²) < 4.78 is 38.5. The van der Waals surface area contributed by atoms with Crippen molar-refractivity contribution in [2.45, 2.75) is 26.2 Å². The molecular formula is C23H19F3N2O3. The van der Waals surface area contributed by atoms with Gasteiger partial charge in [-0.3, -0.25) is 14.9 Å². The predicted octanol–water partition coefficient (Wildman–Crippen LogP) is 5.76. The SMILES string of the molecule is Cc1ccc(C(=O)N(Cc2ccccc2)Cc2ccc(C(F)(F)F)cc2)cc1[N+](=O)[O-]. The number of halogens is 3. The maximum absolute atomic E-state index is 13.2. The normalized spacial score (nSPS) is 11.2. The quantitative estimate of drug-likeness (QED) is 0.370. The van der Waals surface area contributed by atoms with Gasteiger partial charge in [0.15, 0.2) is 0 Å². The van der Waals surface area contributed by atoms with E-state index in [1.54, 1.807) is 6.92 Å². The van der Waals surface area contributed by atoms with Crippen molar-refractivity contribution in [1.29, 1.82) is 0 Å². The Morgan fingerprint density at radius 2 is 1.52 bits per heavy atom. The monoisotopic (exact) mass is 428 g/mol.